The van der Waals surface area contributed by atoms with Crippen molar-refractivity contribution in [1.29, 1.82) is 0 Å². The summed E-state index contributed by atoms with van der Waals surface area (Å²) in [5, 5.41) is 0. The van der Waals surface area contributed by atoms with Crippen LogP contribution in [0.25, 0.3) is 0 Å². The Morgan fingerprint density at radius 3 is 2.83 bits per heavy atom. The molecule has 1 aromatic carbocycles. The highest BCUT2D eigenvalue weighted by atomic mass is 16.5. The van der Waals surface area contributed by atoms with Crippen molar-refractivity contribution in [1.82, 2.24) is 4.90 Å². The van der Waals surface area contributed by atoms with Gasteiger partial charge in [0.25, 0.3) is 0 Å². The second kappa shape index (κ2) is 5.05. The van der Waals surface area contributed by atoms with Crippen molar-refractivity contribution < 1.29 is 14.3 Å². The van der Waals surface area contributed by atoms with E-state index in [-0.39, 0.29) is 11.0 Å². The molecule has 3 aliphatic rings. The molecule has 0 spiro atoms. The predicted octanol–water partition coefficient (Wildman–Crippen LogP) is 2.33. The third kappa shape index (κ3) is 1.82. The molecule has 0 amide bonds. The summed E-state index contributed by atoms with van der Waals surface area (Å²) in [6, 6.07) is 6.72. The highest BCUT2D eigenvalue weighted by Crippen LogP contribution is 2.59. The van der Waals surface area contributed by atoms with Crippen LogP contribution in [0.15, 0.2) is 18.2 Å². The van der Waals surface area contributed by atoms with E-state index in [0.717, 1.165) is 31.6 Å². The van der Waals surface area contributed by atoms with Gasteiger partial charge in [0, 0.05) is 31.4 Å². The van der Waals surface area contributed by atoms with Gasteiger partial charge in [0.15, 0.2) is 0 Å². The molecule has 2 bridgehead atoms. The zero-order valence-corrected chi connectivity index (χ0v) is 14.2. The van der Waals surface area contributed by atoms with E-state index in [9.17, 15) is 4.79 Å². The van der Waals surface area contributed by atoms with Crippen LogP contribution >= 0.6 is 0 Å². The Labute approximate surface area is 137 Å². The third-order valence-corrected chi connectivity index (χ3v) is 6.66. The van der Waals surface area contributed by atoms with Crippen molar-refractivity contribution in [2.75, 3.05) is 27.8 Å². The van der Waals surface area contributed by atoms with E-state index in [1.807, 2.05) is 13.2 Å². The first-order valence-corrected chi connectivity index (χ1v) is 8.51. The molecule has 0 radical (unpaired) electrons. The van der Waals surface area contributed by atoms with Gasteiger partial charge in [-0.3, -0.25) is 4.79 Å². The summed E-state index contributed by atoms with van der Waals surface area (Å²) in [6.07, 6.45) is 4.03. The first-order valence-electron chi connectivity index (χ1n) is 8.51. The summed E-state index contributed by atoms with van der Waals surface area (Å²) >= 11 is 0. The zero-order chi connectivity index (χ0) is 16.2. The summed E-state index contributed by atoms with van der Waals surface area (Å²) in [6.45, 7) is 1.01. The maximum atomic E-state index is 12.4. The minimum atomic E-state index is -0.257. The fourth-order valence-corrected chi connectivity index (χ4v) is 5.53. The molecule has 0 aromatic heterocycles. The monoisotopic (exact) mass is 315 g/mol. The van der Waals surface area contributed by atoms with Crippen LogP contribution in [0, 0.1) is 0 Å². The minimum Gasteiger partial charge on any atom is -0.497 e. The number of hydrogen-bond acceptors (Lipinski definition) is 4. The normalized spacial score (nSPS) is 36.3. The number of hydrogen-bond donors (Lipinski definition) is 0. The van der Waals surface area contributed by atoms with Gasteiger partial charge in [-0.15, -0.1) is 0 Å². The Morgan fingerprint density at radius 1 is 1.26 bits per heavy atom. The van der Waals surface area contributed by atoms with Crippen LogP contribution in [-0.4, -0.2) is 50.1 Å². The Hall–Kier alpha value is -1.39. The quantitative estimate of drug-likeness (QED) is 0.840. The van der Waals surface area contributed by atoms with E-state index in [1.54, 1.807) is 7.11 Å². The van der Waals surface area contributed by atoms with E-state index in [4.69, 9.17) is 9.47 Å². The second-order valence-corrected chi connectivity index (χ2v) is 7.36. The van der Waals surface area contributed by atoms with Gasteiger partial charge in [0.1, 0.15) is 11.5 Å². The second-order valence-electron chi connectivity index (χ2n) is 7.36. The molecule has 4 rings (SSSR count). The minimum absolute atomic E-state index is 0.198. The van der Waals surface area contributed by atoms with Crippen molar-refractivity contribution in [3.8, 4) is 5.75 Å². The van der Waals surface area contributed by atoms with Crippen molar-refractivity contribution in [2.45, 2.75) is 49.2 Å². The lowest BCUT2D eigenvalue weighted by Gasteiger charge is -2.64. The molecule has 4 heteroatoms. The Balaban J connectivity index is 1.97. The molecule has 0 unspecified atom stereocenters. The maximum absolute atomic E-state index is 12.4. The number of ether oxygens (including phenoxy) is 2. The highest BCUT2D eigenvalue weighted by Gasteiger charge is 2.65. The predicted molar refractivity (Wildman–Crippen MR) is 88.0 cm³/mol. The number of ketones is 1. The van der Waals surface area contributed by atoms with Crippen LogP contribution in [0.4, 0.5) is 0 Å². The Kier molecular flexibility index (Phi) is 3.33. The zero-order valence-electron chi connectivity index (χ0n) is 14.2. The van der Waals surface area contributed by atoms with Gasteiger partial charge in [-0.05, 0) is 56.1 Å². The molecule has 1 heterocycles. The van der Waals surface area contributed by atoms with E-state index < -0.39 is 0 Å². The number of benzene rings is 1. The summed E-state index contributed by atoms with van der Waals surface area (Å²) in [5.41, 5.74) is 2.18. The van der Waals surface area contributed by atoms with E-state index >= 15 is 0 Å². The Bertz CT molecular complexity index is 658. The number of carbonyl (C=O) groups excluding carboxylic acids is 1. The number of fused-ring (bicyclic) bond motifs is 1. The number of likely N-dealkylation sites (tertiary alicyclic amines) is 1. The van der Waals surface area contributed by atoms with Crippen LogP contribution in [0.2, 0.25) is 0 Å². The lowest BCUT2D eigenvalue weighted by Crippen LogP contribution is -2.73. The smallest absolute Gasteiger partial charge is 0.134 e. The number of Topliss-reactive ketones (excluding diaryl/α,β-unsaturated/α-hetero) is 1. The van der Waals surface area contributed by atoms with Crippen LogP contribution in [0.5, 0.6) is 5.75 Å². The fourth-order valence-electron chi connectivity index (χ4n) is 5.53. The summed E-state index contributed by atoms with van der Waals surface area (Å²) in [4.78, 5) is 14.9. The molecule has 2 aliphatic carbocycles. The summed E-state index contributed by atoms with van der Waals surface area (Å²) < 4.78 is 11.7. The van der Waals surface area contributed by atoms with Crippen molar-refractivity contribution >= 4 is 5.78 Å². The highest BCUT2D eigenvalue weighted by molar-refractivity contribution is 5.82. The Morgan fingerprint density at radius 2 is 2.09 bits per heavy atom. The molecule has 1 aromatic rings. The molecule has 23 heavy (non-hydrogen) atoms. The van der Waals surface area contributed by atoms with Crippen molar-refractivity contribution in [3.05, 3.63) is 29.3 Å². The summed E-state index contributed by atoms with van der Waals surface area (Å²) in [5.74, 6) is 1.25. The molecule has 0 N–H and O–H groups in total. The van der Waals surface area contributed by atoms with Gasteiger partial charge in [0.2, 0.25) is 0 Å². The van der Waals surface area contributed by atoms with Crippen LogP contribution in [-0.2, 0) is 21.4 Å². The average Bonchev–Trinajstić information content (AvgIpc) is 2.57. The van der Waals surface area contributed by atoms with Gasteiger partial charge >= 0.3 is 0 Å². The SMILES string of the molecule is COc1ccc2c(c1)[C@]13CCN(C)[C@H](C2)[C@]1(OC)CCC(=O)C3. The van der Waals surface area contributed by atoms with Gasteiger partial charge in [0.05, 0.1) is 12.7 Å². The standard InChI is InChI=1S/C19H25NO3/c1-20-9-8-18-12-14(21)6-7-19(18,23-3)17(20)10-13-4-5-15(22-2)11-16(13)18/h4-5,11,17H,6-10,12H2,1-3H3/t17-,18-,19-/m1/s1. The average molecular weight is 315 g/mol. The molecular formula is C19H25NO3. The van der Waals surface area contributed by atoms with Gasteiger partial charge < -0.3 is 14.4 Å². The van der Waals surface area contributed by atoms with E-state index in [0.29, 0.717) is 24.7 Å². The largest absolute Gasteiger partial charge is 0.497 e. The molecular weight excluding hydrogens is 290 g/mol. The number of rotatable bonds is 2. The lowest BCUT2D eigenvalue weighted by molar-refractivity contribution is -0.183. The third-order valence-electron chi connectivity index (χ3n) is 6.66. The summed E-state index contributed by atoms with van der Waals surface area (Å²) in [7, 11) is 5.73. The van der Waals surface area contributed by atoms with E-state index in [2.05, 4.69) is 24.1 Å². The van der Waals surface area contributed by atoms with Crippen LogP contribution < -0.4 is 4.74 Å². The topological polar surface area (TPSA) is 38.8 Å². The molecule has 2 fully saturated rings. The molecule has 1 aliphatic heterocycles. The van der Waals surface area contributed by atoms with Crippen molar-refractivity contribution in [2.24, 2.45) is 0 Å². The number of piperidine rings is 1. The molecule has 4 nitrogen and oxygen atoms in total. The van der Waals surface area contributed by atoms with Gasteiger partial charge in [-0.25, -0.2) is 0 Å². The van der Waals surface area contributed by atoms with Crippen molar-refractivity contribution in [3.63, 3.8) is 0 Å². The van der Waals surface area contributed by atoms with Gasteiger partial charge in [-0.1, -0.05) is 6.07 Å². The molecule has 1 saturated heterocycles. The lowest BCUT2D eigenvalue weighted by atomic mass is 9.49. The first kappa shape index (κ1) is 15.2. The number of carbonyl (C=O) groups is 1. The van der Waals surface area contributed by atoms with E-state index in [1.165, 1.54) is 11.1 Å². The number of nitrogens with zero attached hydrogens (tertiary/aromatic N) is 1. The first-order chi connectivity index (χ1) is 11.1. The number of likely N-dealkylation sites (N-methyl/N-ethyl adjacent to an activating group) is 1. The molecule has 124 valence electrons. The molecule has 1 saturated carbocycles. The fraction of sp³-hybridized carbons (Fsp3) is 0.632. The maximum Gasteiger partial charge on any atom is 0.134 e. The van der Waals surface area contributed by atoms with Gasteiger partial charge in [-0.2, -0.15) is 0 Å². The van der Waals surface area contributed by atoms with Crippen LogP contribution in [0.3, 0.4) is 0 Å². The van der Waals surface area contributed by atoms with Crippen LogP contribution in [0.1, 0.15) is 36.8 Å². The number of methoxy groups -OCH3 is 2. The molecule has 3 atom stereocenters.